The highest BCUT2D eigenvalue weighted by Gasteiger charge is 2.14. The third-order valence-corrected chi connectivity index (χ3v) is 3.46. The second-order valence-electron chi connectivity index (χ2n) is 4.11. The van der Waals surface area contributed by atoms with Gasteiger partial charge in [0.05, 0.1) is 6.04 Å². The first-order chi connectivity index (χ1) is 9.10. The summed E-state index contributed by atoms with van der Waals surface area (Å²) in [6.07, 6.45) is 0. The van der Waals surface area contributed by atoms with Gasteiger partial charge in [0, 0.05) is 27.3 Å². The van der Waals surface area contributed by atoms with Gasteiger partial charge < -0.3 is 11.1 Å². The fraction of sp³-hybridized carbons (Fsp3) is 0.143. The lowest BCUT2D eigenvalue weighted by atomic mass is 10.1. The van der Waals surface area contributed by atoms with Gasteiger partial charge in [-0.05, 0) is 36.4 Å². The van der Waals surface area contributed by atoms with Crippen molar-refractivity contribution in [2.24, 2.45) is 5.73 Å². The number of halogens is 3. The molecule has 0 amide bonds. The van der Waals surface area contributed by atoms with E-state index in [0.717, 1.165) is 10.2 Å². The number of benzene rings is 2. The molecule has 5 heteroatoms. The highest BCUT2D eigenvalue weighted by atomic mass is 79.9. The predicted molar refractivity (Wildman–Crippen MR) is 81.0 cm³/mol. The minimum absolute atomic E-state index is 0.278. The number of hydrogen-bond donors (Lipinski definition) is 2. The molecule has 0 fully saturated rings. The van der Waals surface area contributed by atoms with Gasteiger partial charge >= 0.3 is 0 Å². The lowest BCUT2D eigenvalue weighted by Gasteiger charge is -2.19. The van der Waals surface area contributed by atoms with Crippen molar-refractivity contribution in [3.8, 4) is 0 Å². The molecule has 3 N–H and O–H groups in total. The molecule has 0 aliphatic carbocycles. The van der Waals surface area contributed by atoms with Crippen molar-refractivity contribution >= 4 is 33.2 Å². The van der Waals surface area contributed by atoms with Crippen molar-refractivity contribution in [3.63, 3.8) is 0 Å². The Balaban J connectivity index is 2.27. The van der Waals surface area contributed by atoms with Crippen LogP contribution in [0, 0.1) is 5.82 Å². The largest absolute Gasteiger partial charge is 0.377 e. The molecule has 2 rings (SSSR count). The van der Waals surface area contributed by atoms with E-state index in [-0.39, 0.29) is 18.4 Å². The molecule has 19 heavy (non-hydrogen) atoms. The van der Waals surface area contributed by atoms with Crippen LogP contribution in [0.3, 0.4) is 0 Å². The van der Waals surface area contributed by atoms with E-state index in [2.05, 4.69) is 21.2 Å². The third-order valence-electron chi connectivity index (χ3n) is 2.73. The fourth-order valence-corrected chi connectivity index (χ4v) is 2.39. The second kappa shape index (κ2) is 6.37. The Labute approximate surface area is 124 Å². The molecule has 0 saturated heterocycles. The van der Waals surface area contributed by atoms with E-state index in [1.165, 1.54) is 6.07 Å². The molecular formula is C14H13BrClFN2. The summed E-state index contributed by atoms with van der Waals surface area (Å²) in [7, 11) is 0. The molecule has 0 radical (unpaired) electrons. The lowest BCUT2D eigenvalue weighted by molar-refractivity contribution is 0.593. The first-order valence-electron chi connectivity index (χ1n) is 5.77. The monoisotopic (exact) mass is 342 g/mol. The van der Waals surface area contributed by atoms with Crippen molar-refractivity contribution in [3.05, 3.63) is 63.3 Å². The highest BCUT2D eigenvalue weighted by molar-refractivity contribution is 9.10. The van der Waals surface area contributed by atoms with E-state index in [1.807, 2.05) is 12.1 Å². The molecule has 1 atom stereocenters. The SMILES string of the molecule is NCC(Nc1cccc(Cl)c1)c1cc(Br)ccc1F. The van der Waals surface area contributed by atoms with Crippen molar-refractivity contribution < 1.29 is 4.39 Å². The molecule has 2 nitrogen and oxygen atoms in total. The molecule has 1 unspecified atom stereocenters. The lowest BCUT2D eigenvalue weighted by Crippen LogP contribution is -2.21. The number of nitrogens with one attached hydrogen (secondary N) is 1. The summed E-state index contributed by atoms with van der Waals surface area (Å²) >= 11 is 9.26. The topological polar surface area (TPSA) is 38.0 Å². The van der Waals surface area contributed by atoms with Gasteiger partial charge in [-0.3, -0.25) is 0 Å². The van der Waals surface area contributed by atoms with Gasteiger partial charge in [-0.2, -0.15) is 0 Å². The van der Waals surface area contributed by atoms with Gasteiger partial charge in [-0.15, -0.1) is 0 Å². The van der Waals surface area contributed by atoms with Crippen LogP contribution in [0.25, 0.3) is 0 Å². The highest BCUT2D eigenvalue weighted by Crippen LogP contribution is 2.25. The summed E-state index contributed by atoms with van der Waals surface area (Å²) in [6.45, 7) is 0.278. The quantitative estimate of drug-likeness (QED) is 0.866. The zero-order valence-electron chi connectivity index (χ0n) is 10.0. The number of anilines is 1. The normalized spacial score (nSPS) is 12.2. The van der Waals surface area contributed by atoms with E-state index in [1.54, 1.807) is 24.3 Å². The molecule has 0 aliphatic heterocycles. The van der Waals surface area contributed by atoms with E-state index in [4.69, 9.17) is 17.3 Å². The Morgan fingerprint density at radius 1 is 1.26 bits per heavy atom. The Bertz CT molecular complexity index is 577. The molecule has 0 aliphatic rings. The summed E-state index contributed by atoms with van der Waals surface area (Å²) < 4.78 is 14.7. The Morgan fingerprint density at radius 3 is 2.74 bits per heavy atom. The van der Waals surface area contributed by atoms with Gasteiger partial charge in [0.15, 0.2) is 0 Å². The Kier molecular flexibility index (Phi) is 4.80. The van der Waals surface area contributed by atoms with Crippen molar-refractivity contribution in [1.82, 2.24) is 0 Å². The molecule has 0 bridgehead atoms. The minimum Gasteiger partial charge on any atom is -0.377 e. The minimum atomic E-state index is -0.309. The van der Waals surface area contributed by atoms with Crippen LogP contribution in [-0.2, 0) is 0 Å². The van der Waals surface area contributed by atoms with Gasteiger partial charge in [-0.1, -0.05) is 33.6 Å². The summed E-state index contributed by atoms with van der Waals surface area (Å²) in [5.41, 5.74) is 7.06. The molecule has 0 spiro atoms. The maximum atomic E-state index is 13.8. The smallest absolute Gasteiger partial charge is 0.128 e. The van der Waals surface area contributed by atoms with E-state index >= 15 is 0 Å². The van der Waals surface area contributed by atoms with Gasteiger partial charge in [0.25, 0.3) is 0 Å². The number of nitrogens with two attached hydrogens (primary N) is 1. The first kappa shape index (κ1) is 14.3. The zero-order chi connectivity index (χ0) is 13.8. The van der Waals surface area contributed by atoms with Gasteiger partial charge in [0.1, 0.15) is 5.82 Å². The van der Waals surface area contributed by atoms with Crippen molar-refractivity contribution in [2.75, 3.05) is 11.9 Å². The zero-order valence-corrected chi connectivity index (χ0v) is 12.4. The standard InChI is InChI=1S/C14H13BrClFN2/c15-9-4-5-13(17)12(6-9)14(8-18)19-11-3-1-2-10(16)7-11/h1-7,14,19H,8,18H2. The van der Waals surface area contributed by atoms with Crippen LogP contribution >= 0.6 is 27.5 Å². The average molecular weight is 344 g/mol. The first-order valence-corrected chi connectivity index (χ1v) is 6.94. The summed E-state index contributed by atoms with van der Waals surface area (Å²) in [4.78, 5) is 0. The molecular weight excluding hydrogens is 331 g/mol. The van der Waals surface area contributed by atoms with E-state index in [0.29, 0.717) is 10.6 Å². The maximum absolute atomic E-state index is 13.8. The summed E-state index contributed by atoms with van der Waals surface area (Å²) in [5.74, 6) is -0.284. The van der Waals surface area contributed by atoms with E-state index < -0.39 is 0 Å². The molecule has 0 heterocycles. The molecule has 0 saturated carbocycles. The number of rotatable bonds is 4. The van der Waals surface area contributed by atoms with Crippen LogP contribution in [0.4, 0.5) is 10.1 Å². The summed E-state index contributed by atoms with van der Waals surface area (Å²) in [5, 5.41) is 3.80. The van der Waals surface area contributed by atoms with Crippen LogP contribution in [0.15, 0.2) is 46.9 Å². The second-order valence-corrected chi connectivity index (χ2v) is 5.46. The van der Waals surface area contributed by atoms with Crippen molar-refractivity contribution in [1.29, 1.82) is 0 Å². The summed E-state index contributed by atoms with van der Waals surface area (Å²) in [6, 6.07) is 11.7. The molecule has 100 valence electrons. The van der Waals surface area contributed by atoms with Crippen molar-refractivity contribution in [2.45, 2.75) is 6.04 Å². The third kappa shape index (κ3) is 3.69. The maximum Gasteiger partial charge on any atom is 0.128 e. The average Bonchev–Trinajstić information content (AvgIpc) is 2.39. The van der Waals surface area contributed by atoms with E-state index in [9.17, 15) is 4.39 Å². The molecule has 2 aromatic carbocycles. The fourth-order valence-electron chi connectivity index (χ4n) is 1.82. The predicted octanol–water partition coefficient (Wildman–Crippen LogP) is 4.35. The number of hydrogen-bond acceptors (Lipinski definition) is 2. The Hall–Kier alpha value is -1.10. The van der Waals surface area contributed by atoms with Gasteiger partial charge in [-0.25, -0.2) is 4.39 Å². The van der Waals surface area contributed by atoms with Crippen LogP contribution in [0.2, 0.25) is 5.02 Å². The molecule has 0 aromatic heterocycles. The van der Waals surface area contributed by atoms with Crippen LogP contribution in [-0.4, -0.2) is 6.54 Å². The molecule has 2 aromatic rings. The Morgan fingerprint density at radius 2 is 2.05 bits per heavy atom. The van der Waals surface area contributed by atoms with Gasteiger partial charge in [0.2, 0.25) is 0 Å². The van der Waals surface area contributed by atoms with Crippen LogP contribution in [0.1, 0.15) is 11.6 Å². The van der Waals surface area contributed by atoms with Crippen LogP contribution < -0.4 is 11.1 Å². The van der Waals surface area contributed by atoms with Crippen LogP contribution in [0.5, 0.6) is 0 Å².